The molecule has 1 unspecified atom stereocenters. The molecule has 5 nitrogen and oxygen atoms in total. The lowest BCUT2D eigenvalue weighted by atomic mass is 10.1. The molecule has 0 aliphatic carbocycles. The van der Waals surface area contributed by atoms with Crippen molar-refractivity contribution in [2.45, 2.75) is 13.3 Å². The molecule has 4 N–H and O–H groups in total. The maximum absolute atomic E-state index is 11.3. The number of amides is 1. The molecule has 98 valence electrons. The van der Waals surface area contributed by atoms with Crippen molar-refractivity contribution in [1.29, 1.82) is 0 Å². The fourth-order valence-electron chi connectivity index (χ4n) is 1.58. The number of nitrogens with one attached hydrogen (secondary N) is 1. The second kappa shape index (κ2) is 6.39. The van der Waals surface area contributed by atoms with Gasteiger partial charge in [-0.2, -0.15) is 0 Å². The third-order valence-corrected chi connectivity index (χ3v) is 3.08. The smallest absolute Gasteiger partial charge is 0.303 e. The minimum Gasteiger partial charge on any atom is -0.481 e. The van der Waals surface area contributed by atoms with E-state index in [1.165, 1.54) is 0 Å². The number of rotatable bonds is 6. The summed E-state index contributed by atoms with van der Waals surface area (Å²) in [5.74, 6) is -1.41. The molecule has 1 amide bonds. The van der Waals surface area contributed by atoms with Gasteiger partial charge in [0.25, 0.3) is 5.91 Å². The van der Waals surface area contributed by atoms with E-state index in [9.17, 15) is 9.59 Å². The number of carbonyl (C=O) groups excluding carboxylic acids is 1. The average molecular weight is 315 g/mol. The van der Waals surface area contributed by atoms with Gasteiger partial charge in [0.05, 0.1) is 5.56 Å². The van der Waals surface area contributed by atoms with Crippen molar-refractivity contribution >= 4 is 33.5 Å². The minimum atomic E-state index is -0.839. The summed E-state index contributed by atoms with van der Waals surface area (Å²) in [7, 11) is 0. The van der Waals surface area contributed by atoms with Gasteiger partial charge in [0.15, 0.2) is 0 Å². The lowest BCUT2D eigenvalue weighted by Gasteiger charge is -2.14. The molecule has 1 rings (SSSR count). The quantitative estimate of drug-likeness (QED) is 0.749. The van der Waals surface area contributed by atoms with E-state index < -0.39 is 11.9 Å². The predicted octanol–water partition coefficient (Wildman–Crippen LogP) is 2.07. The van der Waals surface area contributed by atoms with Crippen LogP contribution < -0.4 is 11.1 Å². The van der Waals surface area contributed by atoms with E-state index in [-0.39, 0.29) is 12.3 Å². The number of carboxylic acids is 1. The van der Waals surface area contributed by atoms with Crippen LogP contribution in [0.3, 0.4) is 0 Å². The number of benzene rings is 1. The van der Waals surface area contributed by atoms with E-state index in [0.717, 1.165) is 0 Å². The van der Waals surface area contributed by atoms with Crippen LogP contribution in [0.2, 0.25) is 0 Å². The van der Waals surface area contributed by atoms with E-state index in [1.807, 2.05) is 6.92 Å². The van der Waals surface area contributed by atoms with Crippen molar-refractivity contribution in [3.05, 3.63) is 28.2 Å². The fraction of sp³-hybridized carbons (Fsp3) is 0.333. The molecule has 0 fully saturated rings. The molecule has 1 aromatic rings. The largest absolute Gasteiger partial charge is 0.481 e. The molecular weight excluding hydrogens is 300 g/mol. The number of hydrogen-bond donors (Lipinski definition) is 3. The topological polar surface area (TPSA) is 92.4 Å². The van der Waals surface area contributed by atoms with Crippen LogP contribution in [0.1, 0.15) is 23.7 Å². The third kappa shape index (κ3) is 4.03. The summed E-state index contributed by atoms with van der Waals surface area (Å²) >= 11 is 3.26. The molecule has 6 heteroatoms. The van der Waals surface area contributed by atoms with Gasteiger partial charge in [-0.05, 0) is 34.0 Å². The molecule has 0 aromatic heterocycles. The summed E-state index contributed by atoms with van der Waals surface area (Å²) in [6.07, 6.45) is 0.0763. The number of hydrogen-bond acceptors (Lipinski definition) is 3. The first-order chi connectivity index (χ1) is 8.41. The number of nitrogens with two attached hydrogens (primary N) is 1. The van der Waals surface area contributed by atoms with E-state index in [2.05, 4.69) is 21.2 Å². The number of anilines is 1. The number of aliphatic carboxylic acids is 1. The Labute approximate surface area is 113 Å². The van der Waals surface area contributed by atoms with Gasteiger partial charge in [0.2, 0.25) is 0 Å². The summed E-state index contributed by atoms with van der Waals surface area (Å²) in [6, 6.07) is 5.24. The van der Waals surface area contributed by atoms with Crippen molar-refractivity contribution in [3.8, 4) is 0 Å². The van der Waals surface area contributed by atoms with Gasteiger partial charge in [0.1, 0.15) is 0 Å². The van der Waals surface area contributed by atoms with Gasteiger partial charge in [-0.25, -0.2) is 0 Å². The van der Waals surface area contributed by atoms with Crippen LogP contribution in [0.5, 0.6) is 0 Å². The zero-order valence-corrected chi connectivity index (χ0v) is 11.5. The molecule has 0 saturated heterocycles. The summed E-state index contributed by atoms with van der Waals surface area (Å²) in [5, 5.41) is 11.7. The normalized spacial score (nSPS) is 11.9. The van der Waals surface area contributed by atoms with E-state index in [1.54, 1.807) is 18.2 Å². The summed E-state index contributed by atoms with van der Waals surface area (Å²) in [5.41, 5.74) is 6.28. The number of carbonyl (C=O) groups is 2. The first-order valence-electron chi connectivity index (χ1n) is 5.45. The Morgan fingerprint density at radius 1 is 1.50 bits per heavy atom. The second-order valence-electron chi connectivity index (χ2n) is 4.11. The van der Waals surface area contributed by atoms with E-state index >= 15 is 0 Å². The van der Waals surface area contributed by atoms with E-state index in [4.69, 9.17) is 10.8 Å². The van der Waals surface area contributed by atoms with Gasteiger partial charge in [-0.1, -0.05) is 13.0 Å². The summed E-state index contributed by atoms with van der Waals surface area (Å²) in [6.45, 7) is 2.28. The molecule has 0 aliphatic rings. The van der Waals surface area contributed by atoms with Crippen LogP contribution >= 0.6 is 15.9 Å². The van der Waals surface area contributed by atoms with Crippen LogP contribution in [-0.2, 0) is 4.79 Å². The van der Waals surface area contributed by atoms with E-state index in [0.29, 0.717) is 22.3 Å². The zero-order valence-electron chi connectivity index (χ0n) is 9.94. The highest BCUT2D eigenvalue weighted by Crippen LogP contribution is 2.24. The van der Waals surface area contributed by atoms with Crippen molar-refractivity contribution in [2.75, 3.05) is 11.9 Å². The molecule has 1 atom stereocenters. The molecule has 18 heavy (non-hydrogen) atoms. The Morgan fingerprint density at radius 3 is 2.72 bits per heavy atom. The summed E-state index contributed by atoms with van der Waals surface area (Å²) in [4.78, 5) is 21.9. The molecule has 0 saturated carbocycles. The fourth-order valence-corrected chi connectivity index (χ4v) is 2.14. The maximum Gasteiger partial charge on any atom is 0.303 e. The third-order valence-electron chi connectivity index (χ3n) is 2.42. The molecule has 0 spiro atoms. The highest BCUT2D eigenvalue weighted by atomic mass is 79.9. The van der Waals surface area contributed by atoms with Crippen LogP contribution in [-0.4, -0.2) is 23.5 Å². The summed E-state index contributed by atoms with van der Waals surface area (Å²) < 4.78 is 0.617. The average Bonchev–Trinajstić information content (AvgIpc) is 2.24. The van der Waals surface area contributed by atoms with Gasteiger partial charge < -0.3 is 16.2 Å². The lowest BCUT2D eigenvalue weighted by molar-refractivity contribution is -0.137. The number of carboxylic acid groups (broad SMARTS) is 1. The Morgan fingerprint density at radius 2 is 2.17 bits per heavy atom. The maximum atomic E-state index is 11.3. The highest BCUT2D eigenvalue weighted by molar-refractivity contribution is 9.10. The van der Waals surface area contributed by atoms with Crippen molar-refractivity contribution in [3.63, 3.8) is 0 Å². The molecule has 0 heterocycles. The van der Waals surface area contributed by atoms with Crippen molar-refractivity contribution in [1.82, 2.24) is 0 Å². The standard InChI is InChI=1S/C12H15BrN2O3/c1-7(5-10(16)17)6-15-9-4-2-3-8(13)11(9)12(14)18/h2-4,7,15H,5-6H2,1H3,(H2,14,18)(H,16,17). The molecule has 0 aliphatic heterocycles. The first kappa shape index (κ1) is 14.5. The number of primary amides is 1. The Balaban J connectivity index is 2.76. The van der Waals surface area contributed by atoms with Gasteiger partial charge in [0, 0.05) is 23.1 Å². The van der Waals surface area contributed by atoms with Gasteiger partial charge in [-0.3, -0.25) is 9.59 Å². The molecule has 1 aromatic carbocycles. The van der Waals surface area contributed by atoms with Gasteiger partial charge in [-0.15, -0.1) is 0 Å². The highest BCUT2D eigenvalue weighted by Gasteiger charge is 2.13. The first-order valence-corrected chi connectivity index (χ1v) is 6.25. The van der Waals surface area contributed by atoms with Crippen LogP contribution in [0.4, 0.5) is 5.69 Å². The van der Waals surface area contributed by atoms with Crippen LogP contribution in [0.15, 0.2) is 22.7 Å². The Hall–Kier alpha value is -1.56. The van der Waals surface area contributed by atoms with Crippen molar-refractivity contribution < 1.29 is 14.7 Å². The molecule has 0 radical (unpaired) electrons. The number of halogens is 1. The Bertz CT molecular complexity index is 463. The van der Waals surface area contributed by atoms with Gasteiger partial charge >= 0.3 is 5.97 Å². The van der Waals surface area contributed by atoms with Crippen LogP contribution in [0, 0.1) is 5.92 Å². The minimum absolute atomic E-state index is 0.0396. The molecule has 0 bridgehead atoms. The molecular formula is C12H15BrN2O3. The SMILES string of the molecule is CC(CNc1cccc(Br)c1C(N)=O)CC(=O)O. The zero-order chi connectivity index (χ0) is 13.7. The predicted molar refractivity (Wildman–Crippen MR) is 72.6 cm³/mol. The second-order valence-corrected chi connectivity index (χ2v) is 4.96. The van der Waals surface area contributed by atoms with Crippen LogP contribution in [0.25, 0.3) is 0 Å². The monoisotopic (exact) mass is 314 g/mol. The van der Waals surface area contributed by atoms with Crippen molar-refractivity contribution in [2.24, 2.45) is 11.7 Å². The Kier molecular flexibility index (Phi) is 5.15. The lowest BCUT2D eigenvalue weighted by Crippen LogP contribution is -2.19.